The summed E-state index contributed by atoms with van der Waals surface area (Å²) in [5.74, 6) is 1.02. The van der Waals surface area contributed by atoms with E-state index in [1.54, 1.807) is 23.6 Å². The zero-order valence-corrected chi connectivity index (χ0v) is 15.8. The molecule has 1 saturated heterocycles. The van der Waals surface area contributed by atoms with Crippen LogP contribution in [0.4, 0.5) is 0 Å². The van der Waals surface area contributed by atoms with Crippen LogP contribution in [0.25, 0.3) is 0 Å². The number of piperidine rings is 1. The van der Waals surface area contributed by atoms with Crippen LogP contribution in [0.1, 0.15) is 32.6 Å². The summed E-state index contributed by atoms with van der Waals surface area (Å²) in [4.78, 5) is 26.1. The zero-order chi connectivity index (χ0) is 17.5. The second-order valence-corrected chi connectivity index (χ2v) is 7.66. The molecular formula is C15H23N3O4S2. The molecule has 0 bridgehead atoms. The highest BCUT2D eigenvalue weighted by atomic mass is 32.2. The van der Waals surface area contributed by atoms with Gasteiger partial charge in [0.05, 0.1) is 23.5 Å². The molecule has 1 aromatic rings. The number of amides is 1. The number of esters is 1. The molecule has 2 rings (SSSR count). The molecule has 1 aromatic heterocycles. The average molecular weight is 374 g/mol. The molecule has 2 heterocycles. The molecule has 0 saturated carbocycles. The molecule has 1 fully saturated rings. The highest BCUT2D eigenvalue weighted by Gasteiger charge is 2.30. The quantitative estimate of drug-likeness (QED) is 0.531. The maximum Gasteiger partial charge on any atom is 0.309 e. The molecule has 7 nitrogen and oxygen atoms in total. The Labute approximate surface area is 150 Å². The van der Waals surface area contributed by atoms with Gasteiger partial charge < -0.3 is 14.1 Å². The molecule has 0 aromatic carbocycles. The smallest absolute Gasteiger partial charge is 0.309 e. The van der Waals surface area contributed by atoms with Gasteiger partial charge in [-0.05, 0) is 32.9 Å². The Kier molecular flexibility index (Phi) is 7.41. The van der Waals surface area contributed by atoms with E-state index in [4.69, 9.17) is 9.15 Å². The lowest BCUT2D eigenvalue weighted by atomic mass is 9.97. The number of carbonyl (C=O) groups excluding carboxylic acids is 2. The van der Waals surface area contributed by atoms with Crippen molar-refractivity contribution in [3.05, 3.63) is 5.89 Å². The zero-order valence-electron chi connectivity index (χ0n) is 14.2. The SMILES string of the molecule is CCOC(=O)C1CCN(C(=O)C(C)Sc2nnc(CSC)o2)CC1. The maximum atomic E-state index is 12.5. The Balaban J connectivity index is 1.82. The summed E-state index contributed by atoms with van der Waals surface area (Å²) in [5, 5.41) is 8.02. The minimum atomic E-state index is -0.299. The van der Waals surface area contributed by atoms with Gasteiger partial charge in [0, 0.05) is 13.1 Å². The van der Waals surface area contributed by atoms with Gasteiger partial charge >= 0.3 is 5.97 Å². The lowest BCUT2D eigenvalue weighted by Crippen LogP contribution is -2.43. The van der Waals surface area contributed by atoms with Gasteiger partial charge in [-0.2, -0.15) is 11.8 Å². The second kappa shape index (κ2) is 9.31. The van der Waals surface area contributed by atoms with Crippen LogP contribution < -0.4 is 0 Å². The van der Waals surface area contributed by atoms with Crippen LogP contribution in [0.2, 0.25) is 0 Å². The van der Waals surface area contributed by atoms with Gasteiger partial charge in [-0.15, -0.1) is 10.2 Å². The predicted octanol–water partition coefficient (Wildman–Crippen LogP) is 2.21. The van der Waals surface area contributed by atoms with Crippen molar-refractivity contribution in [2.45, 2.75) is 42.9 Å². The van der Waals surface area contributed by atoms with Gasteiger partial charge in [0.2, 0.25) is 11.8 Å². The monoisotopic (exact) mass is 373 g/mol. The van der Waals surface area contributed by atoms with Gasteiger partial charge in [0.15, 0.2) is 0 Å². The lowest BCUT2D eigenvalue weighted by molar-refractivity contribution is -0.151. The van der Waals surface area contributed by atoms with E-state index in [1.807, 2.05) is 13.2 Å². The van der Waals surface area contributed by atoms with Crippen molar-refractivity contribution in [2.75, 3.05) is 26.0 Å². The van der Waals surface area contributed by atoms with Crippen LogP contribution in [-0.4, -0.2) is 58.2 Å². The number of carbonyl (C=O) groups is 2. The van der Waals surface area contributed by atoms with Crippen LogP contribution in [-0.2, 0) is 20.1 Å². The fraction of sp³-hybridized carbons (Fsp3) is 0.733. The number of likely N-dealkylation sites (tertiary alicyclic amines) is 1. The fourth-order valence-corrected chi connectivity index (χ4v) is 3.67. The molecule has 1 aliphatic heterocycles. The highest BCUT2D eigenvalue weighted by Crippen LogP contribution is 2.26. The normalized spacial score (nSPS) is 16.9. The van der Waals surface area contributed by atoms with Gasteiger partial charge in [-0.25, -0.2) is 0 Å². The van der Waals surface area contributed by atoms with Crippen molar-refractivity contribution in [3.63, 3.8) is 0 Å². The molecule has 0 N–H and O–H groups in total. The lowest BCUT2D eigenvalue weighted by Gasteiger charge is -2.32. The summed E-state index contributed by atoms with van der Waals surface area (Å²) in [6.45, 7) is 5.19. The van der Waals surface area contributed by atoms with Crippen LogP contribution in [0.15, 0.2) is 9.64 Å². The van der Waals surface area contributed by atoms with Crippen molar-refractivity contribution in [2.24, 2.45) is 5.92 Å². The van der Waals surface area contributed by atoms with E-state index < -0.39 is 0 Å². The first-order valence-corrected chi connectivity index (χ1v) is 10.3. The van der Waals surface area contributed by atoms with E-state index in [0.717, 1.165) is 0 Å². The van der Waals surface area contributed by atoms with Crippen molar-refractivity contribution in [1.82, 2.24) is 15.1 Å². The summed E-state index contributed by atoms with van der Waals surface area (Å²) in [6, 6.07) is 0. The molecule has 1 atom stereocenters. The number of hydrogen-bond acceptors (Lipinski definition) is 8. The van der Waals surface area contributed by atoms with Crippen molar-refractivity contribution in [3.8, 4) is 0 Å². The molecule has 0 spiro atoms. The first kappa shape index (κ1) is 19.1. The number of hydrogen-bond donors (Lipinski definition) is 0. The van der Waals surface area contributed by atoms with Crippen LogP contribution in [0.3, 0.4) is 0 Å². The van der Waals surface area contributed by atoms with Crippen LogP contribution >= 0.6 is 23.5 Å². The topological polar surface area (TPSA) is 85.5 Å². The first-order valence-electron chi connectivity index (χ1n) is 7.98. The molecule has 1 aliphatic rings. The minimum absolute atomic E-state index is 0.0342. The van der Waals surface area contributed by atoms with Crippen LogP contribution in [0.5, 0.6) is 0 Å². The summed E-state index contributed by atoms with van der Waals surface area (Å²) >= 11 is 2.88. The van der Waals surface area contributed by atoms with Crippen LogP contribution in [0, 0.1) is 5.92 Å². The van der Waals surface area contributed by atoms with Crippen molar-refractivity contribution >= 4 is 35.4 Å². The number of ether oxygens (including phenoxy) is 1. The number of nitrogens with zero attached hydrogens (tertiary/aromatic N) is 3. The van der Waals surface area contributed by atoms with E-state index in [1.165, 1.54) is 11.8 Å². The Hall–Kier alpha value is -1.22. The third kappa shape index (κ3) is 5.14. The minimum Gasteiger partial charge on any atom is -0.466 e. The summed E-state index contributed by atoms with van der Waals surface area (Å²) < 4.78 is 10.5. The fourth-order valence-electron chi connectivity index (χ4n) is 2.52. The third-order valence-electron chi connectivity index (χ3n) is 3.77. The molecule has 1 unspecified atom stereocenters. The molecule has 0 radical (unpaired) electrons. The summed E-state index contributed by atoms with van der Waals surface area (Å²) in [7, 11) is 0. The molecule has 0 aliphatic carbocycles. The van der Waals surface area contributed by atoms with Crippen molar-refractivity contribution < 1.29 is 18.7 Å². The number of aromatic nitrogens is 2. The molecule has 24 heavy (non-hydrogen) atoms. The molecule has 9 heteroatoms. The van der Waals surface area contributed by atoms with Gasteiger partial charge in [0.25, 0.3) is 5.22 Å². The number of thioether (sulfide) groups is 2. The Morgan fingerprint density at radius 1 is 1.38 bits per heavy atom. The van der Waals surface area contributed by atoms with E-state index in [9.17, 15) is 9.59 Å². The average Bonchev–Trinajstić information content (AvgIpc) is 3.02. The molecule has 134 valence electrons. The second-order valence-electron chi connectivity index (χ2n) is 5.51. The van der Waals surface area contributed by atoms with Gasteiger partial charge in [-0.3, -0.25) is 9.59 Å². The largest absolute Gasteiger partial charge is 0.466 e. The number of rotatable bonds is 7. The summed E-state index contributed by atoms with van der Waals surface area (Å²) in [6.07, 6.45) is 3.27. The highest BCUT2D eigenvalue weighted by molar-refractivity contribution is 8.00. The van der Waals surface area contributed by atoms with Crippen molar-refractivity contribution in [1.29, 1.82) is 0 Å². The molecular weight excluding hydrogens is 350 g/mol. The Morgan fingerprint density at radius 3 is 2.71 bits per heavy atom. The van der Waals surface area contributed by atoms with E-state index in [-0.39, 0.29) is 23.0 Å². The van der Waals surface area contributed by atoms with E-state index in [0.29, 0.717) is 49.4 Å². The Bertz CT molecular complexity index is 559. The third-order valence-corrected chi connectivity index (χ3v) is 5.23. The standard InChI is InChI=1S/C15H23N3O4S2/c1-4-21-14(20)11-5-7-18(8-6-11)13(19)10(2)24-15-17-16-12(22-15)9-23-3/h10-11H,4-9H2,1-3H3. The van der Waals surface area contributed by atoms with Gasteiger partial charge in [-0.1, -0.05) is 11.8 Å². The molecule has 1 amide bonds. The predicted molar refractivity (Wildman–Crippen MR) is 92.8 cm³/mol. The maximum absolute atomic E-state index is 12.5. The van der Waals surface area contributed by atoms with E-state index in [2.05, 4.69) is 10.2 Å². The Morgan fingerprint density at radius 2 is 2.08 bits per heavy atom. The van der Waals surface area contributed by atoms with Gasteiger partial charge in [0.1, 0.15) is 0 Å². The summed E-state index contributed by atoms with van der Waals surface area (Å²) in [5.41, 5.74) is 0. The van der Waals surface area contributed by atoms with E-state index >= 15 is 0 Å². The first-order chi connectivity index (χ1) is 11.5.